The number of rotatable bonds is 0. The van der Waals surface area contributed by atoms with E-state index in [4.69, 9.17) is 0 Å². The van der Waals surface area contributed by atoms with E-state index in [0.717, 1.165) is 5.25 Å². The van der Waals surface area contributed by atoms with Gasteiger partial charge in [0.1, 0.15) is 0 Å². The third-order valence-corrected chi connectivity index (χ3v) is 2.83. The molecular weight excluding hydrogens is 92.1 g/mol. The van der Waals surface area contributed by atoms with Crippen LogP contribution in [0.25, 0.3) is 0 Å². The van der Waals surface area contributed by atoms with E-state index in [0.29, 0.717) is 0 Å². The van der Waals surface area contributed by atoms with E-state index in [2.05, 4.69) is 11.8 Å². The lowest BCUT2D eigenvalue weighted by Gasteiger charge is -1.80. The van der Waals surface area contributed by atoms with Crippen LogP contribution in [0.4, 0.5) is 0 Å². The van der Waals surface area contributed by atoms with Gasteiger partial charge in [0.25, 0.3) is 0 Å². The molecule has 0 spiro atoms. The molecule has 0 amide bonds. The fraction of sp³-hybridized carbons (Fsp3) is 0.800. The topological polar surface area (TPSA) is 0 Å². The normalized spacial score (nSPS) is 43.0. The van der Waals surface area contributed by atoms with Crippen LogP contribution in [0.2, 0.25) is 0 Å². The lowest BCUT2D eigenvalue weighted by Crippen LogP contribution is -1.67. The molecule has 0 aromatic heterocycles. The number of fused-ring (bicyclic) bond motifs is 1. The summed E-state index contributed by atoms with van der Waals surface area (Å²) in [5.74, 6) is 0. The number of thioether (sulfide) groups is 1. The van der Waals surface area contributed by atoms with Gasteiger partial charge in [0.15, 0.2) is 0 Å². The number of hydrogen-bond acceptors (Lipinski definition) is 1. The molecule has 1 radical (unpaired) electrons. The van der Waals surface area contributed by atoms with Crippen molar-refractivity contribution in [2.45, 2.75) is 24.5 Å². The average Bonchev–Trinajstić information content (AvgIpc) is 2.17. The van der Waals surface area contributed by atoms with Gasteiger partial charge >= 0.3 is 0 Å². The molecule has 0 bridgehead atoms. The zero-order valence-corrected chi connectivity index (χ0v) is 4.42. The van der Waals surface area contributed by atoms with Crippen molar-refractivity contribution in [3.8, 4) is 0 Å². The molecular formula is C5H7S. The maximum Gasteiger partial charge on any atom is 0.0439 e. The standard InChI is InChI=1S/C5H7S/c1-2-4-5(3-1)6-4/h4H,1-3H2. The molecule has 2 fully saturated rings. The highest BCUT2D eigenvalue weighted by Crippen LogP contribution is 2.59. The molecule has 33 valence electrons. The minimum absolute atomic E-state index is 1.05. The summed E-state index contributed by atoms with van der Waals surface area (Å²) < 4.78 is 0. The van der Waals surface area contributed by atoms with Crippen molar-refractivity contribution < 1.29 is 0 Å². The second kappa shape index (κ2) is 0.945. The van der Waals surface area contributed by atoms with Gasteiger partial charge in [-0.1, -0.05) is 6.42 Å². The first kappa shape index (κ1) is 3.36. The highest BCUT2D eigenvalue weighted by atomic mass is 32.2. The zero-order chi connectivity index (χ0) is 3.98. The zero-order valence-electron chi connectivity index (χ0n) is 3.61. The van der Waals surface area contributed by atoms with E-state index in [1.165, 1.54) is 19.3 Å². The molecule has 0 nitrogen and oxygen atoms in total. The van der Waals surface area contributed by atoms with E-state index in [1.54, 1.807) is 5.25 Å². The van der Waals surface area contributed by atoms with Gasteiger partial charge in [-0.25, -0.2) is 0 Å². The Labute approximate surface area is 42.3 Å². The Morgan fingerprint density at radius 1 is 1.67 bits per heavy atom. The lowest BCUT2D eigenvalue weighted by molar-refractivity contribution is 0.889. The molecule has 2 rings (SSSR count). The van der Waals surface area contributed by atoms with Crippen molar-refractivity contribution in [2.75, 3.05) is 0 Å². The van der Waals surface area contributed by atoms with Crippen LogP contribution in [0, 0.1) is 5.25 Å². The molecule has 1 aliphatic heterocycles. The second-order valence-corrected chi connectivity index (χ2v) is 3.29. The molecule has 1 heteroatoms. The SMILES string of the molecule is C1C[C]2SC2C1. The molecule has 1 saturated heterocycles. The van der Waals surface area contributed by atoms with Crippen molar-refractivity contribution in [2.24, 2.45) is 0 Å². The Balaban J connectivity index is 2.09. The molecule has 0 N–H and O–H groups in total. The first-order valence-corrected chi connectivity index (χ1v) is 3.37. The van der Waals surface area contributed by atoms with Crippen LogP contribution in [0.3, 0.4) is 0 Å². The minimum atomic E-state index is 1.05. The monoisotopic (exact) mass is 99.0 g/mol. The molecule has 1 aliphatic carbocycles. The summed E-state index contributed by atoms with van der Waals surface area (Å²) in [5, 5.41) is 2.83. The van der Waals surface area contributed by atoms with Crippen LogP contribution < -0.4 is 0 Å². The van der Waals surface area contributed by atoms with Gasteiger partial charge in [0.2, 0.25) is 0 Å². The van der Waals surface area contributed by atoms with E-state index in [-0.39, 0.29) is 0 Å². The molecule has 0 aromatic rings. The van der Waals surface area contributed by atoms with E-state index >= 15 is 0 Å². The van der Waals surface area contributed by atoms with Gasteiger partial charge < -0.3 is 0 Å². The van der Waals surface area contributed by atoms with Crippen molar-refractivity contribution in [3.63, 3.8) is 0 Å². The molecule has 6 heavy (non-hydrogen) atoms. The third kappa shape index (κ3) is 0.320. The molecule has 1 unspecified atom stereocenters. The summed E-state index contributed by atoms with van der Waals surface area (Å²) in [6, 6.07) is 0. The van der Waals surface area contributed by atoms with Crippen LogP contribution in [-0.2, 0) is 0 Å². The first-order valence-electron chi connectivity index (χ1n) is 2.49. The second-order valence-electron chi connectivity index (χ2n) is 1.97. The summed E-state index contributed by atoms with van der Waals surface area (Å²) in [4.78, 5) is 0. The molecule has 0 aromatic carbocycles. The van der Waals surface area contributed by atoms with E-state index in [1.807, 2.05) is 0 Å². The Morgan fingerprint density at radius 2 is 2.67 bits per heavy atom. The molecule has 2 aliphatic rings. The predicted octanol–water partition coefficient (Wildman–Crippen LogP) is 1.82. The highest BCUT2D eigenvalue weighted by molar-refractivity contribution is 8.10. The smallest absolute Gasteiger partial charge is 0.0439 e. The summed E-state index contributed by atoms with van der Waals surface area (Å²) in [6.45, 7) is 0. The molecule has 1 saturated carbocycles. The average molecular weight is 99.2 g/mol. The third-order valence-electron chi connectivity index (χ3n) is 1.49. The fourth-order valence-electron chi connectivity index (χ4n) is 1.05. The Morgan fingerprint density at radius 3 is 2.83 bits per heavy atom. The van der Waals surface area contributed by atoms with Crippen LogP contribution in [-0.4, -0.2) is 5.25 Å². The van der Waals surface area contributed by atoms with E-state index < -0.39 is 0 Å². The highest BCUT2D eigenvalue weighted by Gasteiger charge is 2.42. The van der Waals surface area contributed by atoms with Gasteiger partial charge in [0, 0.05) is 10.5 Å². The van der Waals surface area contributed by atoms with Crippen molar-refractivity contribution in [3.05, 3.63) is 5.25 Å². The predicted molar refractivity (Wildman–Crippen MR) is 28.5 cm³/mol. The minimum Gasteiger partial charge on any atom is -0.148 e. The van der Waals surface area contributed by atoms with Gasteiger partial charge in [-0.3, -0.25) is 0 Å². The number of hydrogen-bond donors (Lipinski definition) is 0. The van der Waals surface area contributed by atoms with Gasteiger partial charge in [-0.05, 0) is 12.8 Å². The fourth-order valence-corrected chi connectivity index (χ4v) is 2.13. The molecule has 1 heterocycles. The van der Waals surface area contributed by atoms with Crippen LogP contribution >= 0.6 is 11.8 Å². The quantitative estimate of drug-likeness (QED) is 0.417. The Hall–Kier alpha value is 0.350. The van der Waals surface area contributed by atoms with Gasteiger partial charge in [0.05, 0.1) is 0 Å². The largest absolute Gasteiger partial charge is 0.148 e. The van der Waals surface area contributed by atoms with Gasteiger partial charge in [-0.2, -0.15) is 0 Å². The van der Waals surface area contributed by atoms with Crippen LogP contribution in [0.15, 0.2) is 0 Å². The van der Waals surface area contributed by atoms with Crippen molar-refractivity contribution in [1.82, 2.24) is 0 Å². The molecule has 1 atom stereocenters. The summed E-state index contributed by atoms with van der Waals surface area (Å²) in [5.41, 5.74) is 0. The van der Waals surface area contributed by atoms with Crippen molar-refractivity contribution >= 4 is 11.8 Å². The Kier molecular flexibility index (Phi) is 0.530. The lowest BCUT2D eigenvalue weighted by atomic mass is 10.4. The van der Waals surface area contributed by atoms with Gasteiger partial charge in [-0.15, -0.1) is 11.8 Å². The summed E-state index contributed by atoms with van der Waals surface area (Å²) in [6.07, 6.45) is 4.41. The summed E-state index contributed by atoms with van der Waals surface area (Å²) in [7, 11) is 0. The van der Waals surface area contributed by atoms with Crippen LogP contribution in [0.1, 0.15) is 19.3 Å². The van der Waals surface area contributed by atoms with Crippen molar-refractivity contribution in [1.29, 1.82) is 0 Å². The van der Waals surface area contributed by atoms with Crippen LogP contribution in [0.5, 0.6) is 0 Å². The maximum atomic E-state index is 2.09. The first-order chi connectivity index (χ1) is 2.97. The maximum absolute atomic E-state index is 2.09. The summed E-state index contributed by atoms with van der Waals surface area (Å²) >= 11 is 2.09. The Bertz CT molecular complexity index is 62.3. The van der Waals surface area contributed by atoms with E-state index in [9.17, 15) is 0 Å².